The van der Waals surface area contributed by atoms with Gasteiger partial charge >= 0.3 is 5.97 Å². The highest BCUT2D eigenvalue weighted by Gasteiger charge is 2.39. The second kappa shape index (κ2) is 6.30. The van der Waals surface area contributed by atoms with Crippen molar-refractivity contribution in [3.63, 3.8) is 0 Å². The van der Waals surface area contributed by atoms with Crippen molar-refractivity contribution in [3.05, 3.63) is 77.9 Å². The highest BCUT2D eigenvalue weighted by molar-refractivity contribution is 7.97. The topological polar surface area (TPSA) is 35.5 Å². The van der Waals surface area contributed by atoms with Crippen LogP contribution >= 0.6 is 0 Å². The number of hydrogen-bond donors (Lipinski definition) is 0. The molecule has 0 aromatic heterocycles. The lowest BCUT2D eigenvalue weighted by Gasteiger charge is -2.20. The van der Waals surface area contributed by atoms with Crippen molar-refractivity contribution in [3.8, 4) is 11.5 Å². The Bertz CT molecular complexity index is 948. The summed E-state index contributed by atoms with van der Waals surface area (Å²) in [6, 6.07) is 22.2. The summed E-state index contributed by atoms with van der Waals surface area (Å²) in [5, 5.41) is 0. The SMILES string of the molecule is COC(=O)c1ccc2c(c1)Oc1ccccc1[S+]2c1ccc(C)cc1. The van der Waals surface area contributed by atoms with Crippen LogP contribution in [-0.2, 0) is 15.6 Å². The molecule has 1 unspecified atom stereocenters. The molecule has 4 heteroatoms. The van der Waals surface area contributed by atoms with E-state index < -0.39 is 0 Å². The van der Waals surface area contributed by atoms with Crippen LogP contribution in [0.1, 0.15) is 15.9 Å². The smallest absolute Gasteiger partial charge is 0.337 e. The van der Waals surface area contributed by atoms with Crippen molar-refractivity contribution < 1.29 is 14.3 Å². The number of hydrogen-bond acceptors (Lipinski definition) is 3. The summed E-state index contributed by atoms with van der Waals surface area (Å²) in [5.41, 5.74) is 1.73. The first-order valence-electron chi connectivity index (χ1n) is 7.97. The molecular formula is C21H17O3S+. The summed E-state index contributed by atoms with van der Waals surface area (Å²) in [6.07, 6.45) is 0. The van der Waals surface area contributed by atoms with Gasteiger partial charge in [0.25, 0.3) is 0 Å². The second-order valence-corrected chi connectivity index (χ2v) is 7.78. The molecule has 0 fully saturated rings. The van der Waals surface area contributed by atoms with Crippen molar-refractivity contribution in [1.82, 2.24) is 0 Å². The molecule has 1 atom stereocenters. The summed E-state index contributed by atoms with van der Waals surface area (Å²) in [4.78, 5) is 15.3. The van der Waals surface area contributed by atoms with Crippen LogP contribution in [0.5, 0.6) is 11.5 Å². The van der Waals surface area contributed by atoms with Gasteiger partial charge in [0.1, 0.15) is 10.9 Å². The summed E-state index contributed by atoms with van der Waals surface area (Å²) in [6.45, 7) is 2.08. The van der Waals surface area contributed by atoms with Crippen molar-refractivity contribution in [1.29, 1.82) is 0 Å². The highest BCUT2D eigenvalue weighted by atomic mass is 32.2. The van der Waals surface area contributed by atoms with Crippen LogP contribution in [0.25, 0.3) is 0 Å². The van der Waals surface area contributed by atoms with E-state index in [9.17, 15) is 4.79 Å². The van der Waals surface area contributed by atoms with Crippen LogP contribution in [0.3, 0.4) is 0 Å². The number of benzene rings is 3. The number of esters is 1. The molecule has 0 bridgehead atoms. The minimum absolute atomic E-state index is 0.267. The number of carbonyl (C=O) groups excluding carboxylic acids is 1. The molecule has 4 rings (SSSR count). The molecule has 1 aliphatic heterocycles. The third-order valence-corrected chi connectivity index (χ3v) is 6.43. The Kier molecular flexibility index (Phi) is 3.98. The fourth-order valence-corrected chi connectivity index (χ4v) is 5.05. The zero-order chi connectivity index (χ0) is 17.4. The zero-order valence-electron chi connectivity index (χ0n) is 14.0. The molecule has 1 aliphatic rings. The maximum Gasteiger partial charge on any atom is 0.337 e. The van der Waals surface area contributed by atoms with Crippen LogP contribution < -0.4 is 4.74 Å². The molecule has 3 aromatic rings. The van der Waals surface area contributed by atoms with Gasteiger partial charge in [0, 0.05) is 6.07 Å². The van der Waals surface area contributed by atoms with Crippen LogP contribution in [-0.4, -0.2) is 13.1 Å². The van der Waals surface area contributed by atoms with Gasteiger partial charge in [-0.2, -0.15) is 0 Å². The van der Waals surface area contributed by atoms with Gasteiger partial charge in [0.15, 0.2) is 16.4 Å². The van der Waals surface area contributed by atoms with E-state index in [1.807, 2.05) is 24.3 Å². The fraction of sp³-hybridized carbons (Fsp3) is 0.0952. The van der Waals surface area contributed by atoms with Gasteiger partial charge in [-0.05, 0) is 43.3 Å². The number of methoxy groups -OCH3 is 1. The lowest BCUT2D eigenvalue weighted by molar-refractivity contribution is 0.0600. The first-order chi connectivity index (χ1) is 12.2. The quantitative estimate of drug-likeness (QED) is 0.378. The number of ether oxygens (including phenoxy) is 2. The third-order valence-electron chi connectivity index (χ3n) is 4.13. The van der Waals surface area contributed by atoms with Gasteiger partial charge in [-0.1, -0.05) is 29.8 Å². The van der Waals surface area contributed by atoms with Gasteiger partial charge in [-0.3, -0.25) is 0 Å². The molecule has 0 aliphatic carbocycles. The van der Waals surface area contributed by atoms with E-state index in [0.29, 0.717) is 11.3 Å². The number of rotatable bonds is 2. The summed E-state index contributed by atoms with van der Waals surface area (Å²) in [5.74, 6) is 1.19. The number of carbonyl (C=O) groups is 1. The van der Waals surface area contributed by atoms with E-state index in [1.165, 1.54) is 17.6 Å². The predicted molar refractivity (Wildman–Crippen MR) is 97.6 cm³/mol. The Morgan fingerprint density at radius 1 is 0.920 bits per heavy atom. The molecule has 0 saturated heterocycles. The molecule has 124 valence electrons. The van der Waals surface area contributed by atoms with Gasteiger partial charge in [-0.15, -0.1) is 0 Å². The number of para-hydroxylation sites is 1. The Labute approximate surface area is 149 Å². The number of fused-ring (bicyclic) bond motifs is 2. The van der Waals surface area contributed by atoms with Gasteiger partial charge < -0.3 is 9.47 Å². The summed E-state index contributed by atoms with van der Waals surface area (Å²) < 4.78 is 10.9. The largest absolute Gasteiger partial charge is 0.465 e. The van der Waals surface area contributed by atoms with Crippen LogP contribution in [0.15, 0.2) is 81.4 Å². The Morgan fingerprint density at radius 3 is 2.40 bits per heavy atom. The average molecular weight is 349 g/mol. The molecule has 0 N–H and O–H groups in total. The van der Waals surface area contributed by atoms with E-state index in [2.05, 4.69) is 37.3 Å². The average Bonchev–Trinajstić information content (AvgIpc) is 2.66. The minimum Gasteiger partial charge on any atom is -0.465 e. The normalized spacial score (nSPS) is 14.9. The lowest BCUT2D eigenvalue weighted by Crippen LogP contribution is -2.13. The molecule has 1 heterocycles. The van der Waals surface area contributed by atoms with Gasteiger partial charge in [0.05, 0.1) is 12.7 Å². The second-order valence-electron chi connectivity index (χ2n) is 5.82. The van der Waals surface area contributed by atoms with Gasteiger partial charge in [-0.25, -0.2) is 4.79 Å². The Morgan fingerprint density at radius 2 is 1.64 bits per heavy atom. The number of aryl methyl sites for hydroxylation is 1. The molecule has 0 amide bonds. The molecule has 0 saturated carbocycles. The first kappa shape index (κ1) is 15.8. The van der Waals surface area contributed by atoms with Crippen LogP contribution in [0, 0.1) is 6.92 Å². The predicted octanol–water partition coefficient (Wildman–Crippen LogP) is 4.98. The Hall–Kier alpha value is -2.72. The summed E-state index contributed by atoms with van der Waals surface area (Å²) in [7, 11) is 1.12. The maximum absolute atomic E-state index is 11.9. The van der Waals surface area contributed by atoms with Crippen LogP contribution in [0.4, 0.5) is 0 Å². The first-order valence-corrected chi connectivity index (χ1v) is 9.20. The fourth-order valence-electron chi connectivity index (χ4n) is 2.87. The van der Waals surface area contributed by atoms with Crippen LogP contribution in [0.2, 0.25) is 0 Å². The zero-order valence-corrected chi connectivity index (χ0v) is 14.8. The lowest BCUT2D eigenvalue weighted by atomic mass is 10.2. The molecule has 3 aromatic carbocycles. The van der Waals surface area contributed by atoms with Crippen molar-refractivity contribution in [2.45, 2.75) is 21.6 Å². The van der Waals surface area contributed by atoms with E-state index in [4.69, 9.17) is 9.47 Å². The molecular weight excluding hydrogens is 332 g/mol. The molecule has 3 nitrogen and oxygen atoms in total. The maximum atomic E-state index is 11.9. The standard InChI is InChI=1S/C21H17O3S/c1-14-7-10-16(11-8-14)25-19-6-4-3-5-17(19)24-18-13-15(21(22)23-2)9-12-20(18)25/h3-13H,1-2H3/q+1. The van der Waals surface area contributed by atoms with E-state index in [0.717, 1.165) is 15.5 Å². The highest BCUT2D eigenvalue weighted by Crippen LogP contribution is 2.47. The molecule has 25 heavy (non-hydrogen) atoms. The van der Waals surface area contributed by atoms with E-state index in [-0.39, 0.29) is 16.9 Å². The van der Waals surface area contributed by atoms with E-state index >= 15 is 0 Å². The monoisotopic (exact) mass is 349 g/mol. The Balaban J connectivity index is 1.89. The van der Waals surface area contributed by atoms with Crippen molar-refractivity contribution in [2.24, 2.45) is 0 Å². The van der Waals surface area contributed by atoms with Crippen molar-refractivity contribution >= 4 is 16.9 Å². The van der Waals surface area contributed by atoms with Crippen molar-refractivity contribution in [2.75, 3.05) is 7.11 Å². The molecule has 0 radical (unpaired) electrons. The minimum atomic E-state index is -0.361. The van der Waals surface area contributed by atoms with Gasteiger partial charge in [0.2, 0.25) is 9.79 Å². The van der Waals surface area contributed by atoms with E-state index in [1.54, 1.807) is 12.1 Å². The summed E-state index contributed by atoms with van der Waals surface area (Å²) >= 11 is 0. The third kappa shape index (κ3) is 2.79. The molecule has 0 spiro atoms.